The van der Waals surface area contributed by atoms with Crippen LogP contribution in [0.2, 0.25) is 0 Å². The van der Waals surface area contributed by atoms with Crippen molar-refractivity contribution >= 4 is 0 Å². The molecule has 3 nitrogen and oxygen atoms in total. The Morgan fingerprint density at radius 3 is 3.12 bits per heavy atom. The topological polar surface area (TPSA) is 34.0 Å². The highest BCUT2D eigenvalue weighted by Gasteiger charge is 2.43. The molecule has 0 saturated carbocycles. The number of hydrogen-bond acceptors (Lipinski definition) is 2. The van der Waals surface area contributed by atoms with Crippen LogP contribution in [-0.2, 0) is 6.54 Å². The van der Waals surface area contributed by atoms with Gasteiger partial charge >= 0.3 is 0 Å². The summed E-state index contributed by atoms with van der Waals surface area (Å²) in [6, 6.07) is 6.15. The van der Waals surface area contributed by atoms with E-state index in [0.717, 1.165) is 13.1 Å². The third-order valence-corrected chi connectivity index (χ3v) is 4.45. The van der Waals surface area contributed by atoms with Gasteiger partial charge in [-0.05, 0) is 19.4 Å². The van der Waals surface area contributed by atoms with Gasteiger partial charge in [0.2, 0.25) is 0 Å². The van der Waals surface area contributed by atoms with Gasteiger partial charge in [0.05, 0.1) is 0 Å². The van der Waals surface area contributed by atoms with Crippen molar-refractivity contribution in [2.45, 2.75) is 38.8 Å². The Balaban J connectivity index is 2.16. The molecule has 0 radical (unpaired) electrons. The van der Waals surface area contributed by atoms with E-state index in [1.807, 2.05) is 10.6 Å². The number of nitrogens with zero attached hydrogens (tertiary/aromatic N) is 1. The maximum absolute atomic E-state index is 11.9. The fraction of sp³-hybridized carbons (Fsp3) is 0.615. The van der Waals surface area contributed by atoms with Gasteiger partial charge in [0.1, 0.15) is 0 Å². The Morgan fingerprint density at radius 2 is 2.31 bits per heavy atom. The van der Waals surface area contributed by atoms with Gasteiger partial charge in [-0.15, -0.1) is 0 Å². The van der Waals surface area contributed by atoms with Crippen LogP contribution in [0.5, 0.6) is 0 Å². The second kappa shape index (κ2) is 3.20. The van der Waals surface area contributed by atoms with Gasteiger partial charge in [-0.1, -0.05) is 13.0 Å². The predicted octanol–water partition coefficient (Wildman–Crippen LogP) is 1.33. The molecule has 1 unspecified atom stereocenters. The van der Waals surface area contributed by atoms with Gasteiger partial charge in [-0.25, -0.2) is 0 Å². The molecule has 0 aromatic carbocycles. The van der Waals surface area contributed by atoms with Crippen molar-refractivity contribution in [3.8, 4) is 0 Å². The van der Waals surface area contributed by atoms with E-state index >= 15 is 0 Å². The molecule has 2 aliphatic heterocycles. The molecule has 0 amide bonds. The number of fused-ring (bicyclic) bond motifs is 4. The lowest BCUT2D eigenvalue weighted by atomic mass is 9.69. The fourth-order valence-electron chi connectivity index (χ4n) is 3.21. The quantitative estimate of drug-likeness (QED) is 0.713. The minimum absolute atomic E-state index is 0.155. The Labute approximate surface area is 95.5 Å². The summed E-state index contributed by atoms with van der Waals surface area (Å²) in [6.07, 6.45) is 1.20. The van der Waals surface area contributed by atoms with Crippen LogP contribution in [0, 0.1) is 5.41 Å². The van der Waals surface area contributed by atoms with E-state index in [0.29, 0.717) is 12.0 Å². The van der Waals surface area contributed by atoms with Crippen LogP contribution < -0.4 is 10.9 Å². The Kier molecular flexibility index (Phi) is 2.02. The second-order valence-corrected chi connectivity index (χ2v) is 5.56. The molecule has 1 aromatic heterocycles. The third kappa shape index (κ3) is 1.27. The standard InChI is InChI=1S/C13H18N2O/c1-9-13(2)6-10(7-14-9)11-4-3-5-12(16)15(11)8-13/h3-5,9-10,14H,6-8H2,1-2H3/t9?,10-,13-/m1/s1. The third-order valence-electron chi connectivity index (χ3n) is 4.45. The Morgan fingerprint density at radius 1 is 1.50 bits per heavy atom. The van der Waals surface area contributed by atoms with E-state index in [1.54, 1.807) is 6.07 Å². The first-order valence-corrected chi connectivity index (χ1v) is 6.03. The van der Waals surface area contributed by atoms with Gasteiger partial charge in [-0.3, -0.25) is 4.79 Å². The van der Waals surface area contributed by atoms with Gasteiger partial charge in [0.15, 0.2) is 0 Å². The van der Waals surface area contributed by atoms with E-state index in [-0.39, 0.29) is 11.0 Å². The van der Waals surface area contributed by atoms with Crippen LogP contribution in [0.4, 0.5) is 0 Å². The van der Waals surface area contributed by atoms with Gasteiger partial charge in [0.25, 0.3) is 5.56 Å². The summed E-state index contributed by atoms with van der Waals surface area (Å²) in [5, 5.41) is 3.57. The average Bonchev–Trinajstić information content (AvgIpc) is 2.26. The largest absolute Gasteiger partial charge is 0.313 e. The van der Waals surface area contributed by atoms with Gasteiger partial charge in [0, 0.05) is 42.2 Å². The summed E-state index contributed by atoms with van der Waals surface area (Å²) in [5.41, 5.74) is 1.59. The zero-order chi connectivity index (χ0) is 11.3. The van der Waals surface area contributed by atoms with Crippen molar-refractivity contribution in [1.82, 2.24) is 9.88 Å². The molecule has 1 saturated heterocycles. The molecule has 16 heavy (non-hydrogen) atoms. The monoisotopic (exact) mass is 218 g/mol. The number of hydrogen-bond donors (Lipinski definition) is 1. The van der Waals surface area contributed by atoms with Gasteiger partial charge < -0.3 is 9.88 Å². The van der Waals surface area contributed by atoms with Crippen molar-refractivity contribution in [2.24, 2.45) is 5.41 Å². The second-order valence-electron chi connectivity index (χ2n) is 5.56. The highest BCUT2D eigenvalue weighted by atomic mass is 16.1. The molecule has 3 heteroatoms. The average molecular weight is 218 g/mol. The van der Waals surface area contributed by atoms with Crippen molar-refractivity contribution in [3.05, 3.63) is 34.2 Å². The molecule has 3 atom stereocenters. The lowest BCUT2D eigenvalue weighted by molar-refractivity contribution is 0.0964. The maximum atomic E-state index is 11.9. The molecule has 0 spiro atoms. The van der Waals surface area contributed by atoms with Crippen LogP contribution >= 0.6 is 0 Å². The number of aromatic nitrogens is 1. The molecular formula is C13H18N2O. The minimum atomic E-state index is 0.155. The Bertz CT molecular complexity index is 479. The molecule has 3 rings (SSSR count). The van der Waals surface area contributed by atoms with Gasteiger partial charge in [-0.2, -0.15) is 0 Å². The van der Waals surface area contributed by atoms with E-state index in [9.17, 15) is 4.79 Å². The summed E-state index contributed by atoms with van der Waals surface area (Å²) in [6.45, 7) is 6.38. The van der Waals surface area contributed by atoms with Crippen LogP contribution in [0.1, 0.15) is 31.9 Å². The van der Waals surface area contributed by atoms with E-state index < -0.39 is 0 Å². The zero-order valence-electron chi connectivity index (χ0n) is 9.86. The summed E-state index contributed by atoms with van der Waals surface area (Å²) in [7, 11) is 0. The zero-order valence-corrected chi connectivity index (χ0v) is 9.86. The van der Waals surface area contributed by atoms with Crippen LogP contribution in [0.15, 0.2) is 23.0 Å². The van der Waals surface area contributed by atoms with E-state index in [1.165, 1.54) is 12.1 Å². The first-order valence-electron chi connectivity index (χ1n) is 6.03. The lowest BCUT2D eigenvalue weighted by Crippen LogP contribution is -2.55. The van der Waals surface area contributed by atoms with Crippen molar-refractivity contribution in [3.63, 3.8) is 0 Å². The maximum Gasteiger partial charge on any atom is 0.250 e. The smallest absolute Gasteiger partial charge is 0.250 e. The highest BCUT2D eigenvalue weighted by Crippen LogP contribution is 2.42. The number of nitrogens with one attached hydrogen (secondary N) is 1. The summed E-state index contributed by atoms with van der Waals surface area (Å²) >= 11 is 0. The summed E-state index contributed by atoms with van der Waals surface area (Å²) in [5.74, 6) is 0.504. The van der Waals surface area contributed by atoms with E-state index in [2.05, 4.69) is 25.2 Å². The van der Waals surface area contributed by atoms with Crippen LogP contribution in [0.3, 0.4) is 0 Å². The molecule has 1 aromatic rings. The lowest BCUT2D eigenvalue weighted by Gasteiger charge is -2.48. The highest BCUT2D eigenvalue weighted by molar-refractivity contribution is 5.19. The van der Waals surface area contributed by atoms with Crippen molar-refractivity contribution < 1.29 is 0 Å². The minimum Gasteiger partial charge on any atom is -0.313 e. The van der Waals surface area contributed by atoms with Crippen LogP contribution in [-0.4, -0.2) is 17.2 Å². The number of pyridine rings is 1. The molecule has 1 N–H and O–H groups in total. The molecule has 0 aliphatic carbocycles. The van der Waals surface area contributed by atoms with Crippen LogP contribution in [0.25, 0.3) is 0 Å². The van der Waals surface area contributed by atoms with E-state index in [4.69, 9.17) is 0 Å². The normalized spacial score (nSPS) is 36.9. The first kappa shape index (κ1) is 10.1. The van der Waals surface area contributed by atoms with Crippen molar-refractivity contribution in [1.29, 1.82) is 0 Å². The molecule has 2 bridgehead atoms. The molecule has 2 aliphatic rings. The van der Waals surface area contributed by atoms with Crippen molar-refractivity contribution in [2.75, 3.05) is 6.54 Å². The number of rotatable bonds is 0. The first-order chi connectivity index (χ1) is 7.60. The molecular weight excluding hydrogens is 200 g/mol. The predicted molar refractivity (Wildman–Crippen MR) is 63.6 cm³/mol. The fourth-order valence-corrected chi connectivity index (χ4v) is 3.21. The summed E-state index contributed by atoms with van der Waals surface area (Å²) in [4.78, 5) is 11.9. The summed E-state index contributed by atoms with van der Waals surface area (Å²) < 4.78 is 1.98. The number of piperidine rings is 1. The Hall–Kier alpha value is -1.09. The SMILES string of the molecule is CC1NC[C@H]2C[C@]1(C)Cn1c2cccc1=O. The molecule has 86 valence electrons. The molecule has 1 fully saturated rings. The molecule has 3 heterocycles.